The van der Waals surface area contributed by atoms with Crippen molar-refractivity contribution in [1.82, 2.24) is 4.90 Å². The Bertz CT molecular complexity index is 1350. The number of benzene rings is 3. The summed E-state index contributed by atoms with van der Waals surface area (Å²) in [4.78, 5) is 43.0. The van der Waals surface area contributed by atoms with E-state index in [-0.39, 0.29) is 18.2 Å². The van der Waals surface area contributed by atoms with Crippen LogP contribution in [0.2, 0.25) is 10.0 Å². The second-order valence-corrected chi connectivity index (χ2v) is 11.7. The highest BCUT2D eigenvalue weighted by Gasteiger charge is 2.42. The molecule has 0 saturated carbocycles. The third-order valence-electron chi connectivity index (χ3n) is 6.97. The van der Waals surface area contributed by atoms with E-state index in [1.54, 1.807) is 46.2 Å². The summed E-state index contributed by atoms with van der Waals surface area (Å²) < 4.78 is 0.893. The van der Waals surface area contributed by atoms with E-state index in [9.17, 15) is 14.4 Å². The van der Waals surface area contributed by atoms with Crippen LogP contribution < -0.4 is 4.90 Å². The summed E-state index contributed by atoms with van der Waals surface area (Å²) in [6.45, 7) is 2.34. The number of fused-ring (bicyclic) bond motifs is 1. The fourth-order valence-corrected chi connectivity index (χ4v) is 5.68. The number of carboxylic acid groups (broad SMARTS) is 1. The van der Waals surface area contributed by atoms with Gasteiger partial charge in [0.1, 0.15) is 6.04 Å². The van der Waals surface area contributed by atoms with E-state index in [0.717, 1.165) is 22.0 Å². The third-order valence-corrected chi connectivity index (χ3v) is 8.15. The Morgan fingerprint density at radius 3 is 2.18 bits per heavy atom. The second-order valence-electron chi connectivity index (χ2n) is 9.60. The molecular weight excluding hydrogens is 650 g/mol. The molecule has 0 spiro atoms. The Labute approximate surface area is 252 Å². The van der Waals surface area contributed by atoms with Crippen molar-refractivity contribution in [2.45, 2.75) is 51.1 Å². The number of carbonyl (C=O) groups is 3. The van der Waals surface area contributed by atoms with Gasteiger partial charge in [-0.15, -0.1) is 0 Å². The zero-order chi connectivity index (χ0) is 28.1. The molecule has 4 rings (SSSR count). The van der Waals surface area contributed by atoms with Crippen LogP contribution in [-0.2, 0) is 9.59 Å². The van der Waals surface area contributed by atoms with Gasteiger partial charge in [0, 0.05) is 26.6 Å². The van der Waals surface area contributed by atoms with Gasteiger partial charge in [-0.2, -0.15) is 0 Å². The standard InChI is InChI=1S/C30H29Cl2IN2O4/c1-19(20-7-11-22(31)12-8-20)35-28(21-9-13-23(32)14-10-21)30(39)34(17-5-3-2-4-6-27(36)37)26-16-15-24(33)18-25(26)29(35)38/h7-16,18-19,28H,2-6,17H2,1H3,(H,36,37). The number of carbonyl (C=O) groups excluding carboxylic acids is 2. The number of rotatable bonds is 10. The first-order valence-electron chi connectivity index (χ1n) is 12.8. The van der Waals surface area contributed by atoms with Crippen LogP contribution in [0.5, 0.6) is 0 Å². The molecule has 0 fully saturated rings. The van der Waals surface area contributed by atoms with Crippen molar-refractivity contribution in [3.8, 4) is 0 Å². The number of aliphatic carboxylic acids is 1. The topological polar surface area (TPSA) is 77.9 Å². The van der Waals surface area contributed by atoms with Gasteiger partial charge in [-0.25, -0.2) is 0 Å². The molecule has 0 saturated heterocycles. The number of hydrogen-bond acceptors (Lipinski definition) is 3. The molecule has 1 aliphatic rings. The van der Waals surface area contributed by atoms with Crippen LogP contribution in [0.15, 0.2) is 66.7 Å². The molecule has 1 aliphatic heterocycles. The molecule has 39 heavy (non-hydrogen) atoms. The van der Waals surface area contributed by atoms with Crippen molar-refractivity contribution < 1.29 is 19.5 Å². The Kier molecular flexibility index (Phi) is 9.91. The highest BCUT2D eigenvalue weighted by molar-refractivity contribution is 14.1. The second kappa shape index (κ2) is 13.2. The summed E-state index contributed by atoms with van der Waals surface area (Å²) >= 11 is 14.5. The average molecular weight is 679 g/mol. The van der Waals surface area contributed by atoms with Crippen molar-refractivity contribution in [2.75, 3.05) is 11.4 Å². The fraction of sp³-hybridized carbons (Fsp3) is 0.300. The minimum atomic E-state index is -0.877. The van der Waals surface area contributed by atoms with Gasteiger partial charge in [0.2, 0.25) is 0 Å². The molecule has 0 radical (unpaired) electrons. The maximum absolute atomic E-state index is 14.4. The molecule has 1 N–H and O–H groups in total. The number of nitrogens with zero attached hydrogens (tertiary/aromatic N) is 2. The molecule has 3 aromatic rings. The van der Waals surface area contributed by atoms with E-state index < -0.39 is 18.1 Å². The normalized spacial score (nSPS) is 16.2. The van der Waals surface area contributed by atoms with E-state index in [2.05, 4.69) is 22.6 Å². The Morgan fingerprint density at radius 1 is 0.923 bits per heavy atom. The zero-order valence-corrected chi connectivity index (χ0v) is 25.1. The number of anilines is 1. The predicted octanol–water partition coefficient (Wildman–Crippen LogP) is 7.92. The van der Waals surface area contributed by atoms with Crippen molar-refractivity contribution in [3.63, 3.8) is 0 Å². The zero-order valence-electron chi connectivity index (χ0n) is 21.4. The average Bonchev–Trinajstić information content (AvgIpc) is 2.99. The van der Waals surface area contributed by atoms with Crippen LogP contribution in [0.4, 0.5) is 5.69 Å². The maximum Gasteiger partial charge on any atom is 0.303 e. The van der Waals surface area contributed by atoms with Gasteiger partial charge in [0.05, 0.1) is 17.3 Å². The summed E-state index contributed by atoms with van der Waals surface area (Å²) in [5.41, 5.74) is 2.59. The summed E-state index contributed by atoms with van der Waals surface area (Å²) in [6.07, 6.45) is 2.95. The molecule has 6 nitrogen and oxygen atoms in total. The molecule has 2 atom stereocenters. The van der Waals surface area contributed by atoms with Gasteiger partial charge in [-0.3, -0.25) is 14.4 Å². The summed E-state index contributed by atoms with van der Waals surface area (Å²) in [5.74, 6) is -1.24. The molecular formula is C30H29Cl2IN2O4. The molecule has 3 aromatic carbocycles. The Hall–Kier alpha value is -2.62. The van der Waals surface area contributed by atoms with E-state index in [0.29, 0.717) is 46.2 Å². The lowest BCUT2D eigenvalue weighted by molar-refractivity contribution is -0.137. The smallest absolute Gasteiger partial charge is 0.303 e. The fourth-order valence-electron chi connectivity index (χ4n) is 4.94. The monoisotopic (exact) mass is 678 g/mol. The molecule has 204 valence electrons. The highest BCUT2D eigenvalue weighted by Crippen LogP contribution is 2.40. The number of unbranched alkanes of at least 4 members (excludes halogenated alkanes) is 3. The van der Waals surface area contributed by atoms with Crippen LogP contribution in [-0.4, -0.2) is 34.3 Å². The van der Waals surface area contributed by atoms with Gasteiger partial charge in [-0.1, -0.05) is 60.3 Å². The number of carboxylic acids is 1. The SMILES string of the molecule is CC(c1ccc(Cl)cc1)N1C(=O)c2cc(I)ccc2N(CCCCCCC(=O)O)C(=O)C1c1ccc(Cl)cc1. The minimum absolute atomic E-state index is 0.134. The molecule has 0 aromatic heterocycles. The summed E-state index contributed by atoms with van der Waals surface area (Å²) in [7, 11) is 0. The van der Waals surface area contributed by atoms with E-state index >= 15 is 0 Å². The number of amides is 2. The van der Waals surface area contributed by atoms with Gasteiger partial charge >= 0.3 is 5.97 Å². The molecule has 0 aliphatic carbocycles. The van der Waals surface area contributed by atoms with Crippen LogP contribution in [0.25, 0.3) is 0 Å². The molecule has 2 amide bonds. The third kappa shape index (κ3) is 6.94. The quantitative estimate of drug-likeness (QED) is 0.175. The first-order chi connectivity index (χ1) is 18.7. The first-order valence-corrected chi connectivity index (χ1v) is 14.7. The Morgan fingerprint density at radius 2 is 1.54 bits per heavy atom. The number of hydrogen-bond donors (Lipinski definition) is 1. The predicted molar refractivity (Wildman–Crippen MR) is 162 cm³/mol. The lowest BCUT2D eigenvalue weighted by Gasteiger charge is -2.36. The van der Waals surface area contributed by atoms with Crippen LogP contribution in [0.3, 0.4) is 0 Å². The minimum Gasteiger partial charge on any atom is -0.481 e. The van der Waals surface area contributed by atoms with E-state index in [4.69, 9.17) is 28.3 Å². The van der Waals surface area contributed by atoms with Gasteiger partial charge in [-0.05, 0) is 95.9 Å². The lowest BCUT2D eigenvalue weighted by Crippen LogP contribution is -2.44. The van der Waals surface area contributed by atoms with Crippen molar-refractivity contribution in [3.05, 3.63) is 97.0 Å². The van der Waals surface area contributed by atoms with E-state index in [1.165, 1.54) is 0 Å². The van der Waals surface area contributed by atoms with Crippen LogP contribution in [0.1, 0.15) is 72.6 Å². The summed E-state index contributed by atoms with van der Waals surface area (Å²) in [6, 6.07) is 18.6. The molecule has 1 heterocycles. The molecule has 2 unspecified atom stereocenters. The maximum atomic E-state index is 14.4. The lowest BCUT2D eigenvalue weighted by atomic mass is 9.98. The first kappa shape index (κ1) is 29.4. The van der Waals surface area contributed by atoms with Gasteiger partial charge in [0.25, 0.3) is 11.8 Å². The van der Waals surface area contributed by atoms with Crippen molar-refractivity contribution in [2.24, 2.45) is 0 Å². The van der Waals surface area contributed by atoms with Crippen LogP contribution in [0, 0.1) is 3.57 Å². The van der Waals surface area contributed by atoms with Gasteiger partial charge < -0.3 is 14.9 Å². The molecule has 9 heteroatoms. The van der Waals surface area contributed by atoms with E-state index in [1.807, 2.05) is 37.3 Å². The number of halogens is 3. The van der Waals surface area contributed by atoms with Crippen molar-refractivity contribution >= 4 is 69.3 Å². The molecule has 0 bridgehead atoms. The largest absolute Gasteiger partial charge is 0.481 e. The highest BCUT2D eigenvalue weighted by atomic mass is 127. The van der Waals surface area contributed by atoms with Crippen molar-refractivity contribution in [1.29, 1.82) is 0 Å². The van der Waals surface area contributed by atoms with Gasteiger partial charge in [0.15, 0.2) is 0 Å². The van der Waals surface area contributed by atoms with Crippen LogP contribution >= 0.6 is 45.8 Å². The summed E-state index contributed by atoms with van der Waals surface area (Å²) in [5, 5.41) is 10.0. The Balaban J connectivity index is 1.76.